The van der Waals surface area contributed by atoms with Crippen molar-refractivity contribution in [3.05, 3.63) is 101 Å². The third-order valence-electron chi connectivity index (χ3n) is 5.91. The lowest BCUT2D eigenvalue weighted by Crippen LogP contribution is -2.32. The van der Waals surface area contributed by atoms with Crippen LogP contribution in [-0.4, -0.2) is 44.7 Å². The predicted octanol–water partition coefficient (Wildman–Crippen LogP) is 5.73. The van der Waals surface area contributed by atoms with Crippen LogP contribution in [-0.2, 0) is 14.9 Å². The number of methoxy groups -OCH3 is 1. The highest BCUT2D eigenvalue weighted by molar-refractivity contribution is 8.18. The molecule has 0 aliphatic carbocycles. The number of nitrogens with zero attached hydrogens (tertiary/aromatic N) is 1. The van der Waals surface area contributed by atoms with Gasteiger partial charge in [0.15, 0.2) is 11.5 Å². The second-order valence-electron chi connectivity index (χ2n) is 8.45. The summed E-state index contributed by atoms with van der Waals surface area (Å²) < 4.78 is 41.8. The van der Waals surface area contributed by atoms with Crippen molar-refractivity contribution in [2.24, 2.45) is 0 Å². The van der Waals surface area contributed by atoms with Crippen LogP contribution < -0.4 is 13.7 Å². The highest BCUT2D eigenvalue weighted by Gasteiger charge is 2.34. The molecule has 4 aromatic rings. The van der Waals surface area contributed by atoms with Crippen molar-refractivity contribution in [1.29, 1.82) is 0 Å². The molecule has 0 spiro atoms. The van der Waals surface area contributed by atoms with Crippen LogP contribution in [0.25, 0.3) is 16.8 Å². The first kappa shape index (κ1) is 26.3. The number of para-hydroxylation sites is 2. The summed E-state index contributed by atoms with van der Waals surface area (Å²) >= 11 is 0.834. The van der Waals surface area contributed by atoms with Crippen molar-refractivity contribution in [2.75, 3.05) is 20.3 Å². The van der Waals surface area contributed by atoms with Gasteiger partial charge in [0.1, 0.15) is 17.3 Å². The van der Waals surface area contributed by atoms with E-state index < -0.39 is 21.3 Å². The van der Waals surface area contributed by atoms with Crippen molar-refractivity contribution in [1.82, 2.24) is 4.90 Å². The number of carbonyl (C=O) groups is 2. The van der Waals surface area contributed by atoms with Gasteiger partial charge in [-0.25, -0.2) is 0 Å². The molecule has 198 valence electrons. The van der Waals surface area contributed by atoms with E-state index in [0.29, 0.717) is 17.1 Å². The standard InChI is InChI=1S/C29H23NO7S2/c1-35-25-8-4-5-9-26(25)36-17-16-30-28(31)27(38-29(30)32)18-20-10-13-23(14-11-20)37-39(33,34)24-15-12-21-6-2-3-7-22(21)19-24/h2-15,18-19H,16-17H2,1H3/b27-18-. The van der Waals surface area contributed by atoms with Gasteiger partial charge >= 0.3 is 10.1 Å². The van der Waals surface area contributed by atoms with E-state index in [2.05, 4.69) is 0 Å². The highest BCUT2D eigenvalue weighted by atomic mass is 32.2. The summed E-state index contributed by atoms with van der Waals surface area (Å²) in [7, 11) is -2.51. The molecule has 39 heavy (non-hydrogen) atoms. The van der Waals surface area contributed by atoms with E-state index in [-0.39, 0.29) is 28.7 Å². The van der Waals surface area contributed by atoms with Crippen molar-refractivity contribution in [3.8, 4) is 17.2 Å². The van der Waals surface area contributed by atoms with Gasteiger partial charge in [0, 0.05) is 0 Å². The molecule has 1 aliphatic heterocycles. The SMILES string of the molecule is COc1ccccc1OCCN1C(=O)S/C(=C\c2ccc(OS(=O)(=O)c3ccc4ccccc4c3)cc2)C1=O. The second-order valence-corrected chi connectivity index (χ2v) is 11.0. The van der Waals surface area contributed by atoms with E-state index in [4.69, 9.17) is 13.7 Å². The molecule has 5 rings (SSSR count). The van der Waals surface area contributed by atoms with Crippen LogP contribution in [0.5, 0.6) is 17.2 Å². The summed E-state index contributed by atoms with van der Waals surface area (Å²) in [6.07, 6.45) is 1.58. The lowest BCUT2D eigenvalue weighted by Gasteiger charge is -2.14. The van der Waals surface area contributed by atoms with Gasteiger partial charge in [-0.05, 0) is 70.6 Å². The Morgan fingerprint density at radius 1 is 0.846 bits per heavy atom. The summed E-state index contributed by atoms with van der Waals surface area (Å²) in [5.74, 6) is 0.784. The number of amides is 2. The highest BCUT2D eigenvalue weighted by Crippen LogP contribution is 2.33. The molecule has 0 unspecified atom stereocenters. The largest absolute Gasteiger partial charge is 0.493 e. The van der Waals surface area contributed by atoms with Crippen LogP contribution in [0.3, 0.4) is 0 Å². The molecule has 4 aromatic carbocycles. The minimum absolute atomic E-state index is 0.0497. The molecule has 0 aromatic heterocycles. The maximum Gasteiger partial charge on any atom is 0.339 e. The summed E-state index contributed by atoms with van der Waals surface area (Å²) in [5, 5.41) is 1.32. The number of thioether (sulfide) groups is 1. The van der Waals surface area contributed by atoms with E-state index in [0.717, 1.165) is 27.4 Å². The molecule has 0 saturated carbocycles. The van der Waals surface area contributed by atoms with E-state index in [1.54, 1.807) is 48.5 Å². The van der Waals surface area contributed by atoms with Crippen LogP contribution in [0, 0.1) is 0 Å². The van der Waals surface area contributed by atoms with Gasteiger partial charge in [0.2, 0.25) is 0 Å². The zero-order chi connectivity index (χ0) is 27.4. The minimum Gasteiger partial charge on any atom is -0.493 e. The number of carbonyl (C=O) groups excluding carboxylic acids is 2. The molecule has 10 heteroatoms. The van der Waals surface area contributed by atoms with Crippen LogP contribution in [0.2, 0.25) is 0 Å². The second kappa shape index (κ2) is 11.2. The molecule has 0 radical (unpaired) electrons. The van der Waals surface area contributed by atoms with Gasteiger partial charge in [0.25, 0.3) is 11.1 Å². The summed E-state index contributed by atoms with van der Waals surface area (Å²) in [5.41, 5.74) is 0.612. The number of imide groups is 1. The van der Waals surface area contributed by atoms with Crippen molar-refractivity contribution in [3.63, 3.8) is 0 Å². The Bertz CT molecular complexity index is 1680. The lowest BCUT2D eigenvalue weighted by molar-refractivity contribution is -0.123. The molecule has 1 aliphatic rings. The molecule has 0 bridgehead atoms. The van der Waals surface area contributed by atoms with Gasteiger partial charge in [-0.1, -0.05) is 54.6 Å². The first-order chi connectivity index (χ1) is 18.8. The summed E-state index contributed by atoms with van der Waals surface area (Å²) in [4.78, 5) is 26.7. The monoisotopic (exact) mass is 561 g/mol. The fourth-order valence-electron chi connectivity index (χ4n) is 3.95. The minimum atomic E-state index is -4.04. The first-order valence-corrected chi connectivity index (χ1v) is 14.1. The van der Waals surface area contributed by atoms with Crippen LogP contribution in [0.1, 0.15) is 5.56 Å². The Labute approximate surface area is 229 Å². The molecule has 0 N–H and O–H groups in total. The Balaban J connectivity index is 1.22. The molecule has 1 heterocycles. The number of ether oxygens (including phenoxy) is 2. The zero-order valence-corrected chi connectivity index (χ0v) is 22.4. The Kier molecular flexibility index (Phi) is 7.58. The van der Waals surface area contributed by atoms with Gasteiger partial charge in [-0.15, -0.1) is 0 Å². The number of fused-ring (bicyclic) bond motifs is 1. The summed E-state index contributed by atoms with van der Waals surface area (Å²) in [6.45, 7) is 0.197. The molecule has 1 saturated heterocycles. The third-order valence-corrected chi connectivity index (χ3v) is 8.06. The third kappa shape index (κ3) is 5.92. The van der Waals surface area contributed by atoms with Crippen molar-refractivity contribution >= 4 is 49.9 Å². The lowest BCUT2D eigenvalue weighted by atomic mass is 10.1. The zero-order valence-electron chi connectivity index (χ0n) is 20.8. The molecular weight excluding hydrogens is 538 g/mol. The van der Waals surface area contributed by atoms with E-state index >= 15 is 0 Å². The molecule has 1 fully saturated rings. The van der Waals surface area contributed by atoms with Crippen LogP contribution in [0.4, 0.5) is 4.79 Å². The molecule has 2 amide bonds. The van der Waals surface area contributed by atoms with Gasteiger partial charge < -0.3 is 13.7 Å². The van der Waals surface area contributed by atoms with Gasteiger partial charge in [-0.2, -0.15) is 8.42 Å². The van der Waals surface area contributed by atoms with Crippen molar-refractivity contribution < 1.29 is 31.7 Å². The Hall–Kier alpha value is -4.28. The molecule has 8 nitrogen and oxygen atoms in total. The smallest absolute Gasteiger partial charge is 0.339 e. The topological polar surface area (TPSA) is 99.2 Å². The number of rotatable bonds is 9. The van der Waals surface area contributed by atoms with Crippen LogP contribution >= 0.6 is 11.8 Å². The van der Waals surface area contributed by atoms with E-state index in [9.17, 15) is 18.0 Å². The predicted molar refractivity (Wildman–Crippen MR) is 149 cm³/mol. The number of benzene rings is 4. The first-order valence-electron chi connectivity index (χ1n) is 11.9. The van der Waals surface area contributed by atoms with Gasteiger partial charge in [0.05, 0.1) is 18.6 Å². The molecule has 0 atom stereocenters. The fraction of sp³-hybridized carbons (Fsp3) is 0.103. The number of hydrogen-bond donors (Lipinski definition) is 0. The van der Waals surface area contributed by atoms with Crippen molar-refractivity contribution in [2.45, 2.75) is 4.90 Å². The Morgan fingerprint density at radius 3 is 2.28 bits per heavy atom. The van der Waals surface area contributed by atoms with E-state index in [1.807, 2.05) is 30.3 Å². The average molecular weight is 562 g/mol. The number of hydrogen-bond acceptors (Lipinski definition) is 8. The quantitative estimate of drug-likeness (QED) is 0.189. The Morgan fingerprint density at radius 2 is 1.54 bits per heavy atom. The van der Waals surface area contributed by atoms with E-state index in [1.165, 1.54) is 25.3 Å². The average Bonchev–Trinajstić information content (AvgIpc) is 3.21. The van der Waals surface area contributed by atoms with Crippen LogP contribution in [0.15, 0.2) is 101 Å². The fourth-order valence-corrected chi connectivity index (χ4v) is 5.78. The molecular formula is C29H23NO7S2. The summed E-state index contributed by atoms with van der Waals surface area (Å²) in [6, 6.07) is 25.6. The maximum absolute atomic E-state index is 12.8. The maximum atomic E-state index is 12.8. The normalized spacial score (nSPS) is 14.7. The van der Waals surface area contributed by atoms with Gasteiger partial charge in [-0.3, -0.25) is 14.5 Å².